The molecule has 5 heteroatoms. The number of likely N-dealkylation sites (tertiary alicyclic amines) is 1. The number of fused-ring (bicyclic) bond motifs is 1. The van der Waals surface area contributed by atoms with Gasteiger partial charge in [0.05, 0.1) is 11.4 Å². The van der Waals surface area contributed by atoms with Crippen LogP contribution in [0, 0.1) is 0 Å². The molecule has 0 saturated carbocycles. The van der Waals surface area contributed by atoms with Crippen LogP contribution in [0.5, 0.6) is 0 Å². The van der Waals surface area contributed by atoms with Gasteiger partial charge in [-0.1, -0.05) is 48.6 Å². The maximum absolute atomic E-state index is 12.5. The summed E-state index contributed by atoms with van der Waals surface area (Å²) in [5, 5.41) is 0. The van der Waals surface area contributed by atoms with Crippen molar-refractivity contribution in [3.63, 3.8) is 0 Å². The van der Waals surface area contributed by atoms with Crippen molar-refractivity contribution in [1.29, 1.82) is 0 Å². The second-order valence-corrected chi connectivity index (χ2v) is 7.92. The summed E-state index contributed by atoms with van der Waals surface area (Å²) in [5.41, 5.74) is 2.34. The van der Waals surface area contributed by atoms with Gasteiger partial charge in [0, 0.05) is 18.3 Å². The molecule has 3 rings (SSSR count). The number of carbonyl (C=O) groups excluding carboxylic acids is 1. The van der Waals surface area contributed by atoms with E-state index in [1.54, 1.807) is 23.5 Å². The van der Waals surface area contributed by atoms with Crippen LogP contribution < -0.4 is 0 Å². The van der Waals surface area contributed by atoms with Gasteiger partial charge in [-0.2, -0.15) is 0 Å². The van der Waals surface area contributed by atoms with E-state index in [1.807, 2.05) is 6.07 Å². The first-order valence-corrected chi connectivity index (χ1v) is 9.96. The molecule has 1 amide bonds. The van der Waals surface area contributed by atoms with Crippen LogP contribution in [-0.2, 0) is 10.5 Å². The summed E-state index contributed by atoms with van der Waals surface area (Å²) in [6.45, 7) is 3.11. The summed E-state index contributed by atoms with van der Waals surface area (Å²) in [6, 6.07) is 8.69. The predicted octanol–water partition coefficient (Wildman–Crippen LogP) is 4.45. The van der Waals surface area contributed by atoms with Crippen molar-refractivity contribution < 1.29 is 4.79 Å². The first kappa shape index (κ1) is 15.9. The molecule has 2 aliphatic heterocycles. The lowest BCUT2D eigenvalue weighted by atomic mass is 10.0. The van der Waals surface area contributed by atoms with Crippen LogP contribution in [0.3, 0.4) is 0 Å². The minimum absolute atomic E-state index is 0.277. The number of rotatable bonds is 3. The number of hydrogen-bond donors (Lipinski definition) is 0. The smallest absolute Gasteiger partial charge is 0.233 e. The second-order valence-electron chi connectivity index (χ2n) is 5.73. The number of hydrogen-bond acceptors (Lipinski definition) is 4. The average molecular weight is 335 g/mol. The van der Waals surface area contributed by atoms with E-state index in [1.165, 1.54) is 12.0 Å². The van der Waals surface area contributed by atoms with Crippen LogP contribution in [0.15, 0.2) is 29.3 Å². The molecule has 0 aliphatic carbocycles. The van der Waals surface area contributed by atoms with Gasteiger partial charge in [-0.25, -0.2) is 4.99 Å². The quantitative estimate of drug-likeness (QED) is 0.819. The Hall–Kier alpha value is -0.940. The number of aliphatic imine (C=N–C) groups is 1. The standard InChI is InChI=1S/C17H22N2OS2/c1-2-14-8-5-6-10-19(14)16(20)12-22-17-18-15-9-4-3-7-13(15)11-21-17/h3-4,7,9,14H,2,5-6,8,10-12H2,1H3. The zero-order valence-corrected chi connectivity index (χ0v) is 14.6. The van der Waals surface area contributed by atoms with Crippen LogP contribution >= 0.6 is 23.5 Å². The Balaban J connectivity index is 1.58. The first-order valence-electron chi connectivity index (χ1n) is 7.99. The Bertz CT molecular complexity index is 574. The van der Waals surface area contributed by atoms with Gasteiger partial charge in [0.25, 0.3) is 0 Å². The highest BCUT2D eigenvalue weighted by molar-refractivity contribution is 8.38. The highest BCUT2D eigenvalue weighted by Crippen LogP contribution is 2.34. The van der Waals surface area contributed by atoms with Crippen LogP contribution in [0.4, 0.5) is 5.69 Å². The van der Waals surface area contributed by atoms with Gasteiger partial charge in [0.15, 0.2) is 0 Å². The molecule has 118 valence electrons. The Morgan fingerprint density at radius 1 is 1.41 bits per heavy atom. The molecule has 1 fully saturated rings. The molecule has 3 nitrogen and oxygen atoms in total. The number of piperidine rings is 1. The SMILES string of the molecule is CCC1CCCCN1C(=O)CSC1=Nc2ccccc2CS1. The van der Waals surface area contributed by atoms with Crippen molar-refractivity contribution in [1.82, 2.24) is 4.90 Å². The van der Waals surface area contributed by atoms with E-state index in [0.29, 0.717) is 11.8 Å². The van der Waals surface area contributed by atoms with E-state index >= 15 is 0 Å². The number of thioether (sulfide) groups is 2. The number of carbonyl (C=O) groups is 1. The fourth-order valence-electron chi connectivity index (χ4n) is 3.05. The van der Waals surface area contributed by atoms with E-state index < -0.39 is 0 Å². The molecule has 22 heavy (non-hydrogen) atoms. The average Bonchev–Trinajstić information content (AvgIpc) is 2.59. The first-order chi connectivity index (χ1) is 10.8. The highest BCUT2D eigenvalue weighted by Gasteiger charge is 2.25. The van der Waals surface area contributed by atoms with Crippen molar-refractivity contribution in [3.05, 3.63) is 29.8 Å². The Kier molecular flexibility index (Phi) is 5.47. The minimum Gasteiger partial charge on any atom is -0.339 e. The third-order valence-electron chi connectivity index (χ3n) is 4.29. The normalized spacial score (nSPS) is 21.2. The minimum atomic E-state index is 0.277. The van der Waals surface area contributed by atoms with Gasteiger partial charge in [-0.3, -0.25) is 4.79 Å². The summed E-state index contributed by atoms with van der Waals surface area (Å²) >= 11 is 3.34. The Morgan fingerprint density at radius 2 is 2.27 bits per heavy atom. The van der Waals surface area contributed by atoms with Crippen molar-refractivity contribution in [2.75, 3.05) is 12.3 Å². The molecule has 2 aliphatic rings. The number of amides is 1. The van der Waals surface area contributed by atoms with Crippen molar-refractivity contribution >= 4 is 39.5 Å². The summed E-state index contributed by atoms with van der Waals surface area (Å²) in [7, 11) is 0. The molecule has 1 saturated heterocycles. The zero-order valence-electron chi connectivity index (χ0n) is 13.0. The number of para-hydroxylation sites is 1. The monoisotopic (exact) mass is 334 g/mol. The van der Waals surface area contributed by atoms with E-state index in [2.05, 4.69) is 35.0 Å². The third-order valence-corrected chi connectivity index (χ3v) is 6.52. The summed E-state index contributed by atoms with van der Waals surface area (Å²) < 4.78 is 1.03. The van der Waals surface area contributed by atoms with Crippen LogP contribution in [-0.4, -0.2) is 33.5 Å². The topological polar surface area (TPSA) is 32.7 Å². The van der Waals surface area contributed by atoms with E-state index in [-0.39, 0.29) is 5.91 Å². The van der Waals surface area contributed by atoms with E-state index in [0.717, 1.165) is 41.6 Å². The number of benzene rings is 1. The fourth-order valence-corrected chi connectivity index (χ4v) is 4.99. The lowest BCUT2D eigenvalue weighted by Gasteiger charge is -2.35. The van der Waals surface area contributed by atoms with Crippen LogP contribution in [0.1, 0.15) is 38.2 Å². The Morgan fingerprint density at radius 3 is 3.14 bits per heavy atom. The molecular weight excluding hydrogens is 312 g/mol. The fraction of sp³-hybridized carbons (Fsp3) is 0.529. The summed E-state index contributed by atoms with van der Waals surface area (Å²) in [6.07, 6.45) is 4.64. The zero-order chi connectivity index (χ0) is 15.4. The van der Waals surface area contributed by atoms with E-state index in [9.17, 15) is 4.79 Å². The molecule has 0 aromatic heterocycles. The second kappa shape index (κ2) is 7.55. The van der Waals surface area contributed by atoms with Crippen molar-refractivity contribution in [2.45, 2.75) is 44.4 Å². The predicted molar refractivity (Wildman–Crippen MR) is 96.9 cm³/mol. The molecule has 0 bridgehead atoms. The number of nitrogens with zero attached hydrogens (tertiary/aromatic N) is 2. The van der Waals surface area contributed by atoms with Crippen LogP contribution in [0.25, 0.3) is 0 Å². The summed E-state index contributed by atoms with van der Waals surface area (Å²) in [5.74, 6) is 1.75. The molecular formula is C17H22N2OS2. The van der Waals surface area contributed by atoms with Gasteiger partial charge in [-0.05, 0) is 37.3 Å². The van der Waals surface area contributed by atoms with Gasteiger partial charge in [0.2, 0.25) is 5.91 Å². The molecule has 1 atom stereocenters. The molecule has 0 N–H and O–H groups in total. The maximum atomic E-state index is 12.5. The van der Waals surface area contributed by atoms with Gasteiger partial charge >= 0.3 is 0 Å². The van der Waals surface area contributed by atoms with Gasteiger partial charge in [0.1, 0.15) is 4.38 Å². The lowest BCUT2D eigenvalue weighted by Crippen LogP contribution is -2.44. The largest absolute Gasteiger partial charge is 0.339 e. The molecule has 2 heterocycles. The highest BCUT2D eigenvalue weighted by atomic mass is 32.2. The summed E-state index contributed by atoms with van der Waals surface area (Å²) in [4.78, 5) is 19.3. The molecule has 1 unspecified atom stereocenters. The third kappa shape index (κ3) is 3.69. The van der Waals surface area contributed by atoms with Crippen molar-refractivity contribution in [2.24, 2.45) is 4.99 Å². The van der Waals surface area contributed by atoms with Gasteiger partial charge < -0.3 is 4.90 Å². The molecule has 1 aromatic carbocycles. The molecule has 0 spiro atoms. The maximum Gasteiger partial charge on any atom is 0.233 e. The molecule has 0 radical (unpaired) electrons. The van der Waals surface area contributed by atoms with Crippen molar-refractivity contribution in [3.8, 4) is 0 Å². The van der Waals surface area contributed by atoms with Gasteiger partial charge in [-0.15, -0.1) is 0 Å². The lowest BCUT2D eigenvalue weighted by molar-refractivity contribution is -0.132. The van der Waals surface area contributed by atoms with Crippen LogP contribution in [0.2, 0.25) is 0 Å². The van der Waals surface area contributed by atoms with E-state index in [4.69, 9.17) is 0 Å². The molecule has 1 aromatic rings. The Labute approximate surface area is 140 Å².